The number of nitrogens with zero attached hydrogens (tertiary/aromatic N) is 1. The molecule has 0 unspecified atom stereocenters. The molecule has 0 N–H and O–H groups in total. The molecule has 28 heavy (non-hydrogen) atoms. The number of carbonyl (C=O) groups is 2. The van der Waals surface area contributed by atoms with Crippen molar-refractivity contribution in [3.8, 4) is 0 Å². The van der Waals surface area contributed by atoms with Crippen LogP contribution in [0.3, 0.4) is 0 Å². The number of amides is 1. The van der Waals surface area contributed by atoms with E-state index >= 15 is 0 Å². The van der Waals surface area contributed by atoms with Crippen molar-refractivity contribution in [2.24, 2.45) is 5.92 Å². The molecule has 1 amide bonds. The largest absolute Gasteiger partial charge is 0.455 e. The first-order chi connectivity index (χ1) is 13.1. The van der Waals surface area contributed by atoms with E-state index in [-0.39, 0.29) is 41.7 Å². The second kappa shape index (κ2) is 9.78. The smallest absolute Gasteiger partial charge is 0.316 e. The van der Waals surface area contributed by atoms with Gasteiger partial charge in [0.25, 0.3) is 5.91 Å². The highest BCUT2D eigenvalue weighted by atomic mass is 32.2. The van der Waals surface area contributed by atoms with E-state index in [1.807, 2.05) is 39.8 Å². The Morgan fingerprint density at radius 2 is 2.00 bits per heavy atom. The maximum Gasteiger partial charge on any atom is 0.316 e. The van der Waals surface area contributed by atoms with E-state index in [1.165, 1.54) is 11.8 Å². The maximum absolute atomic E-state index is 12.6. The van der Waals surface area contributed by atoms with Crippen molar-refractivity contribution in [2.75, 3.05) is 30.4 Å². The van der Waals surface area contributed by atoms with Gasteiger partial charge < -0.3 is 9.64 Å². The highest BCUT2D eigenvalue weighted by Gasteiger charge is 2.35. The van der Waals surface area contributed by atoms with Crippen LogP contribution in [-0.2, 0) is 24.2 Å². The zero-order chi connectivity index (χ0) is 20.9. The number of sulfone groups is 1. The number of benzene rings is 1. The number of carbonyl (C=O) groups excluding carboxylic acids is 2. The number of hydrogen-bond acceptors (Lipinski definition) is 6. The fourth-order valence-electron chi connectivity index (χ4n) is 3.23. The second-order valence-corrected chi connectivity index (χ2v) is 11.0. The molecule has 1 atom stereocenters. The highest BCUT2D eigenvalue weighted by molar-refractivity contribution is 8.00. The van der Waals surface area contributed by atoms with Crippen LogP contribution in [0.15, 0.2) is 23.1 Å². The Balaban J connectivity index is 1.87. The van der Waals surface area contributed by atoms with Gasteiger partial charge in [-0.1, -0.05) is 31.5 Å². The lowest BCUT2D eigenvalue weighted by Crippen LogP contribution is -2.45. The summed E-state index contributed by atoms with van der Waals surface area (Å²) in [5.41, 5.74) is 2.26. The van der Waals surface area contributed by atoms with E-state index in [0.29, 0.717) is 13.0 Å². The summed E-state index contributed by atoms with van der Waals surface area (Å²) in [6.45, 7) is 8.04. The summed E-state index contributed by atoms with van der Waals surface area (Å²) in [6, 6.07) is 5.68. The summed E-state index contributed by atoms with van der Waals surface area (Å²) in [4.78, 5) is 27.2. The molecule has 1 aliphatic heterocycles. The Hall–Kier alpha value is -1.54. The highest BCUT2D eigenvalue weighted by Crippen LogP contribution is 2.23. The van der Waals surface area contributed by atoms with Gasteiger partial charge >= 0.3 is 5.97 Å². The third-order valence-corrected chi connectivity index (χ3v) is 7.46. The molecule has 6 nitrogen and oxygen atoms in total. The third-order valence-electron chi connectivity index (χ3n) is 4.56. The fourth-order valence-corrected chi connectivity index (χ4v) is 5.77. The Kier molecular flexibility index (Phi) is 7.95. The SMILES string of the molecule is Cc1ccc(SCC(=O)OCC(=O)N(CC(C)C)[C@H]2CCS(=O)(=O)C2)c(C)c1. The molecule has 1 heterocycles. The van der Waals surface area contributed by atoms with Crippen molar-refractivity contribution in [2.45, 2.75) is 45.1 Å². The molecule has 8 heteroatoms. The number of hydrogen-bond donors (Lipinski definition) is 0. The van der Waals surface area contributed by atoms with E-state index < -0.39 is 15.8 Å². The minimum atomic E-state index is -3.09. The van der Waals surface area contributed by atoms with Gasteiger partial charge in [0.1, 0.15) is 0 Å². The van der Waals surface area contributed by atoms with Crippen LogP contribution in [0.2, 0.25) is 0 Å². The minimum Gasteiger partial charge on any atom is -0.455 e. The van der Waals surface area contributed by atoms with Crippen LogP contribution in [0, 0.1) is 19.8 Å². The fraction of sp³-hybridized carbons (Fsp3) is 0.600. The van der Waals surface area contributed by atoms with Crippen LogP contribution in [-0.4, -0.2) is 61.6 Å². The molecule has 0 radical (unpaired) electrons. The van der Waals surface area contributed by atoms with E-state index in [9.17, 15) is 18.0 Å². The molecular weight excluding hydrogens is 398 g/mol. The van der Waals surface area contributed by atoms with Crippen molar-refractivity contribution in [3.05, 3.63) is 29.3 Å². The molecule has 0 aromatic heterocycles. The van der Waals surface area contributed by atoms with Crippen molar-refractivity contribution >= 4 is 33.5 Å². The van der Waals surface area contributed by atoms with Crippen molar-refractivity contribution in [1.82, 2.24) is 4.90 Å². The van der Waals surface area contributed by atoms with Crippen molar-refractivity contribution < 1.29 is 22.7 Å². The maximum atomic E-state index is 12.6. The van der Waals surface area contributed by atoms with Gasteiger partial charge in [-0.15, -0.1) is 11.8 Å². The summed E-state index contributed by atoms with van der Waals surface area (Å²) in [5.74, 6) is -0.377. The predicted molar refractivity (Wildman–Crippen MR) is 111 cm³/mol. The van der Waals surface area contributed by atoms with Crippen LogP contribution < -0.4 is 0 Å². The van der Waals surface area contributed by atoms with E-state index in [2.05, 4.69) is 6.07 Å². The lowest BCUT2D eigenvalue weighted by molar-refractivity contribution is -0.151. The second-order valence-electron chi connectivity index (χ2n) is 7.72. The Morgan fingerprint density at radius 3 is 2.57 bits per heavy atom. The zero-order valence-corrected chi connectivity index (χ0v) is 18.6. The lowest BCUT2D eigenvalue weighted by atomic mass is 10.1. The lowest BCUT2D eigenvalue weighted by Gasteiger charge is -2.29. The topological polar surface area (TPSA) is 80.8 Å². The van der Waals surface area contributed by atoms with Crippen LogP contribution >= 0.6 is 11.8 Å². The van der Waals surface area contributed by atoms with E-state index in [4.69, 9.17) is 4.74 Å². The van der Waals surface area contributed by atoms with E-state index in [0.717, 1.165) is 16.0 Å². The zero-order valence-electron chi connectivity index (χ0n) is 16.9. The summed E-state index contributed by atoms with van der Waals surface area (Å²) in [6.07, 6.45) is 0.442. The number of thioether (sulfide) groups is 1. The normalized spacial score (nSPS) is 18.2. The monoisotopic (exact) mass is 427 g/mol. The number of ether oxygens (including phenoxy) is 1. The van der Waals surface area contributed by atoms with Crippen LogP contribution in [0.4, 0.5) is 0 Å². The molecule has 1 aliphatic rings. The van der Waals surface area contributed by atoms with Gasteiger partial charge in [-0.2, -0.15) is 0 Å². The molecular formula is C20H29NO5S2. The summed E-state index contributed by atoms with van der Waals surface area (Å²) < 4.78 is 28.7. The first-order valence-corrected chi connectivity index (χ1v) is 12.2. The van der Waals surface area contributed by atoms with Gasteiger partial charge in [0.2, 0.25) is 0 Å². The Bertz CT molecular complexity index is 820. The van der Waals surface area contributed by atoms with Gasteiger partial charge in [-0.3, -0.25) is 9.59 Å². The molecule has 156 valence electrons. The standard InChI is InChI=1S/C20H29NO5S2/c1-14(2)10-21(17-7-8-28(24,25)13-17)19(22)11-26-20(23)12-27-18-6-5-15(3)9-16(18)4/h5-6,9,14,17H,7-8,10-13H2,1-4H3/t17-/m0/s1. The minimum absolute atomic E-state index is 0.0119. The van der Waals surface area contributed by atoms with Gasteiger partial charge in [-0.05, 0) is 37.8 Å². The van der Waals surface area contributed by atoms with Crippen LogP contribution in [0.25, 0.3) is 0 Å². The quantitative estimate of drug-likeness (QED) is 0.469. The molecule has 0 saturated carbocycles. The van der Waals surface area contributed by atoms with E-state index in [1.54, 1.807) is 4.90 Å². The molecule has 1 fully saturated rings. The average Bonchev–Trinajstić information content (AvgIpc) is 2.96. The van der Waals surface area contributed by atoms with Gasteiger partial charge in [-0.25, -0.2) is 8.42 Å². The number of rotatable bonds is 8. The van der Waals surface area contributed by atoms with Crippen LogP contribution in [0.5, 0.6) is 0 Å². The predicted octanol–water partition coefficient (Wildman–Crippen LogP) is 2.61. The van der Waals surface area contributed by atoms with Crippen LogP contribution in [0.1, 0.15) is 31.4 Å². The average molecular weight is 428 g/mol. The van der Waals surface area contributed by atoms with Gasteiger partial charge in [0.15, 0.2) is 16.4 Å². The first kappa shape index (κ1) is 22.7. The van der Waals surface area contributed by atoms with Gasteiger partial charge in [0.05, 0.1) is 17.3 Å². The molecule has 2 rings (SSSR count). The molecule has 1 saturated heterocycles. The Morgan fingerprint density at radius 1 is 1.29 bits per heavy atom. The Labute approximate surface area is 171 Å². The van der Waals surface area contributed by atoms with Gasteiger partial charge in [0, 0.05) is 17.5 Å². The van der Waals surface area contributed by atoms with Crippen molar-refractivity contribution in [3.63, 3.8) is 0 Å². The summed E-state index contributed by atoms with van der Waals surface area (Å²) >= 11 is 1.38. The molecule has 0 spiro atoms. The summed E-state index contributed by atoms with van der Waals surface area (Å²) in [7, 11) is -3.09. The number of esters is 1. The first-order valence-electron chi connectivity index (χ1n) is 9.43. The third kappa shape index (κ3) is 6.81. The molecule has 1 aromatic carbocycles. The van der Waals surface area contributed by atoms with Crippen molar-refractivity contribution in [1.29, 1.82) is 0 Å². The molecule has 0 aliphatic carbocycles. The molecule has 0 bridgehead atoms. The molecule has 1 aromatic rings. The number of aryl methyl sites for hydroxylation is 2. The summed E-state index contributed by atoms with van der Waals surface area (Å²) in [5, 5.41) is 0.